The maximum absolute atomic E-state index is 10.9. The van der Waals surface area contributed by atoms with Crippen LogP contribution >= 0.6 is 15.9 Å². The zero-order valence-electron chi connectivity index (χ0n) is 11.4. The fourth-order valence-electron chi connectivity index (χ4n) is 1.86. The van der Waals surface area contributed by atoms with Crippen LogP contribution < -0.4 is 5.32 Å². The molecule has 0 amide bonds. The Kier molecular flexibility index (Phi) is 5.31. The van der Waals surface area contributed by atoms with Crippen molar-refractivity contribution >= 4 is 27.3 Å². The second kappa shape index (κ2) is 6.34. The minimum Gasteiger partial charge on any atom is -0.396 e. The molecule has 2 N–H and O–H groups in total. The lowest BCUT2D eigenvalue weighted by Crippen LogP contribution is -2.35. The second-order valence-corrected chi connectivity index (χ2v) is 5.74. The molecule has 0 spiro atoms. The Morgan fingerprint density at radius 3 is 2.63 bits per heavy atom. The molecule has 6 heteroatoms. The molecule has 106 valence electrons. The Morgan fingerprint density at radius 1 is 1.53 bits per heavy atom. The lowest BCUT2D eigenvalue weighted by molar-refractivity contribution is -0.385. The predicted molar refractivity (Wildman–Crippen MR) is 79.6 cm³/mol. The van der Waals surface area contributed by atoms with Gasteiger partial charge in [0.1, 0.15) is 0 Å². The van der Waals surface area contributed by atoms with Crippen LogP contribution in [0.1, 0.15) is 32.3 Å². The van der Waals surface area contributed by atoms with Crippen LogP contribution in [0.3, 0.4) is 0 Å². The number of nitrogens with zero attached hydrogens (tertiary/aromatic N) is 1. The molecule has 0 aliphatic heterocycles. The average Bonchev–Trinajstić information content (AvgIpc) is 2.33. The van der Waals surface area contributed by atoms with E-state index in [9.17, 15) is 10.1 Å². The van der Waals surface area contributed by atoms with Crippen molar-refractivity contribution < 1.29 is 10.0 Å². The molecule has 0 heterocycles. The number of aliphatic hydroxyl groups is 1. The zero-order valence-corrected chi connectivity index (χ0v) is 13.0. The van der Waals surface area contributed by atoms with Gasteiger partial charge >= 0.3 is 0 Å². The van der Waals surface area contributed by atoms with Gasteiger partial charge in [0, 0.05) is 33.9 Å². The van der Waals surface area contributed by atoms with Crippen LogP contribution in [-0.2, 0) is 0 Å². The molecule has 1 atom stereocenters. The highest BCUT2D eigenvalue weighted by molar-refractivity contribution is 9.10. The highest BCUT2D eigenvalue weighted by atomic mass is 79.9. The van der Waals surface area contributed by atoms with Gasteiger partial charge < -0.3 is 10.4 Å². The van der Waals surface area contributed by atoms with Gasteiger partial charge in [0.15, 0.2) is 0 Å². The molecule has 0 bridgehead atoms. The Labute approximate surface area is 121 Å². The Hall–Kier alpha value is -1.14. The topological polar surface area (TPSA) is 75.4 Å². The van der Waals surface area contributed by atoms with Crippen LogP contribution in [0, 0.1) is 17.0 Å². The summed E-state index contributed by atoms with van der Waals surface area (Å²) in [5.74, 6) is 0. The van der Waals surface area contributed by atoms with E-state index in [1.54, 1.807) is 13.0 Å². The number of hydrogen-bond acceptors (Lipinski definition) is 4. The smallest absolute Gasteiger partial charge is 0.273 e. The normalized spacial score (nSPS) is 13.9. The first-order chi connectivity index (χ1) is 8.83. The molecule has 0 saturated heterocycles. The molecule has 0 radical (unpaired) electrons. The number of anilines is 1. The molecular weight excluding hydrogens is 312 g/mol. The van der Waals surface area contributed by atoms with Crippen molar-refractivity contribution in [2.45, 2.75) is 39.2 Å². The third kappa shape index (κ3) is 3.91. The fraction of sp³-hybridized carbons (Fsp3) is 0.538. The summed E-state index contributed by atoms with van der Waals surface area (Å²) in [5.41, 5.74) is 1.27. The Bertz CT molecular complexity index is 479. The van der Waals surface area contributed by atoms with Crippen molar-refractivity contribution in [1.82, 2.24) is 0 Å². The van der Waals surface area contributed by atoms with E-state index in [4.69, 9.17) is 5.11 Å². The van der Waals surface area contributed by atoms with E-state index >= 15 is 0 Å². The first-order valence-electron chi connectivity index (χ1n) is 6.16. The van der Waals surface area contributed by atoms with Crippen molar-refractivity contribution in [1.29, 1.82) is 0 Å². The number of hydrogen-bond donors (Lipinski definition) is 2. The summed E-state index contributed by atoms with van der Waals surface area (Å²) in [7, 11) is 0. The van der Waals surface area contributed by atoms with Gasteiger partial charge in [-0.25, -0.2) is 0 Å². The Morgan fingerprint density at radius 2 is 2.16 bits per heavy atom. The van der Waals surface area contributed by atoms with Gasteiger partial charge in [-0.3, -0.25) is 10.1 Å². The first-order valence-corrected chi connectivity index (χ1v) is 6.96. The maximum atomic E-state index is 10.9. The average molecular weight is 331 g/mol. The summed E-state index contributed by atoms with van der Waals surface area (Å²) in [6.45, 7) is 5.87. The van der Waals surface area contributed by atoms with Gasteiger partial charge in [0.05, 0.1) is 4.92 Å². The van der Waals surface area contributed by atoms with E-state index < -0.39 is 4.92 Å². The van der Waals surface area contributed by atoms with Crippen LogP contribution in [0.4, 0.5) is 11.4 Å². The summed E-state index contributed by atoms with van der Waals surface area (Å²) in [5, 5.41) is 23.3. The van der Waals surface area contributed by atoms with Gasteiger partial charge in [-0.15, -0.1) is 0 Å². The molecule has 0 saturated carbocycles. The Balaban J connectivity index is 3.09. The summed E-state index contributed by atoms with van der Waals surface area (Å²) in [6.07, 6.45) is 1.46. The number of aliphatic hydroxyl groups excluding tert-OH is 1. The highest BCUT2D eigenvalue weighted by Gasteiger charge is 2.23. The summed E-state index contributed by atoms with van der Waals surface area (Å²) in [4.78, 5) is 10.5. The third-order valence-electron chi connectivity index (χ3n) is 3.36. The number of rotatable bonds is 6. The van der Waals surface area contributed by atoms with Gasteiger partial charge in [-0.05, 0) is 48.7 Å². The fourth-order valence-corrected chi connectivity index (χ4v) is 2.29. The van der Waals surface area contributed by atoms with Crippen molar-refractivity contribution in [3.05, 3.63) is 32.3 Å². The number of benzene rings is 1. The SMILES string of the molecule is CCC(C)(CCO)Nc1cc(C)c([N+](=O)[O-])cc1Br. The standard InChI is InChI=1S/C13H19BrN2O3/c1-4-13(3,5-6-17)15-11-7-9(2)12(16(18)19)8-10(11)14/h7-8,15,17H,4-6H2,1-3H3. The maximum Gasteiger partial charge on any atom is 0.273 e. The molecule has 1 aromatic rings. The molecule has 5 nitrogen and oxygen atoms in total. The predicted octanol–water partition coefficient (Wildman–Crippen LogP) is 3.63. The van der Waals surface area contributed by atoms with Gasteiger partial charge in [-0.2, -0.15) is 0 Å². The van der Waals surface area contributed by atoms with E-state index in [0.29, 0.717) is 16.5 Å². The first kappa shape index (κ1) is 15.9. The van der Waals surface area contributed by atoms with E-state index in [1.165, 1.54) is 6.07 Å². The number of nitro benzene ring substituents is 1. The van der Waals surface area contributed by atoms with Gasteiger partial charge in [0.25, 0.3) is 5.69 Å². The largest absolute Gasteiger partial charge is 0.396 e. The molecule has 0 aliphatic rings. The van der Waals surface area contributed by atoms with Crippen LogP contribution in [0.5, 0.6) is 0 Å². The molecule has 1 unspecified atom stereocenters. The molecular formula is C13H19BrN2O3. The van der Waals surface area contributed by atoms with Gasteiger partial charge in [-0.1, -0.05) is 6.92 Å². The number of nitrogens with one attached hydrogen (secondary N) is 1. The van der Waals surface area contributed by atoms with E-state index in [0.717, 1.165) is 12.1 Å². The molecule has 0 aliphatic carbocycles. The monoisotopic (exact) mass is 330 g/mol. The summed E-state index contributed by atoms with van der Waals surface area (Å²) < 4.78 is 0.655. The number of nitro groups is 1. The van der Waals surface area contributed by atoms with Crippen molar-refractivity contribution in [2.75, 3.05) is 11.9 Å². The molecule has 19 heavy (non-hydrogen) atoms. The van der Waals surface area contributed by atoms with E-state index in [-0.39, 0.29) is 17.8 Å². The van der Waals surface area contributed by atoms with Crippen molar-refractivity contribution in [2.24, 2.45) is 0 Å². The molecule has 1 aromatic carbocycles. The van der Waals surface area contributed by atoms with Crippen LogP contribution in [0.15, 0.2) is 16.6 Å². The lowest BCUT2D eigenvalue weighted by Gasteiger charge is -2.31. The quantitative estimate of drug-likeness (QED) is 0.616. The minimum atomic E-state index is -0.392. The highest BCUT2D eigenvalue weighted by Crippen LogP contribution is 2.33. The van der Waals surface area contributed by atoms with Crippen molar-refractivity contribution in [3.8, 4) is 0 Å². The van der Waals surface area contributed by atoms with Crippen molar-refractivity contribution in [3.63, 3.8) is 0 Å². The van der Waals surface area contributed by atoms with E-state index in [2.05, 4.69) is 21.2 Å². The second-order valence-electron chi connectivity index (χ2n) is 4.89. The van der Waals surface area contributed by atoms with Crippen LogP contribution in [-0.4, -0.2) is 22.2 Å². The molecule has 1 rings (SSSR count). The summed E-state index contributed by atoms with van der Waals surface area (Å²) in [6, 6.07) is 3.26. The van der Waals surface area contributed by atoms with E-state index in [1.807, 2.05) is 13.8 Å². The third-order valence-corrected chi connectivity index (χ3v) is 4.02. The number of aryl methyl sites for hydroxylation is 1. The molecule has 0 aromatic heterocycles. The summed E-state index contributed by atoms with van der Waals surface area (Å²) >= 11 is 3.35. The van der Waals surface area contributed by atoms with Crippen LogP contribution in [0.2, 0.25) is 0 Å². The zero-order chi connectivity index (χ0) is 14.6. The lowest BCUT2D eigenvalue weighted by atomic mass is 9.94. The number of halogens is 1. The molecule has 0 fully saturated rings. The minimum absolute atomic E-state index is 0.0952. The van der Waals surface area contributed by atoms with Gasteiger partial charge in [0.2, 0.25) is 0 Å². The van der Waals surface area contributed by atoms with Crippen LogP contribution in [0.25, 0.3) is 0 Å².